The van der Waals surface area contributed by atoms with Crippen LogP contribution >= 0.6 is 11.6 Å². The van der Waals surface area contributed by atoms with Crippen LogP contribution < -0.4 is 4.90 Å². The molecule has 0 spiro atoms. The Kier molecular flexibility index (Phi) is 7.51. The summed E-state index contributed by atoms with van der Waals surface area (Å²) in [6.07, 6.45) is 9.13. The number of benzene rings is 2. The molecule has 1 fully saturated rings. The maximum absolute atomic E-state index is 12.7. The van der Waals surface area contributed by atoms with Crippen LogP contribution in [0.2, 0.25) is 5.02 Å². The SMILES string of the molecule is CN(C(=O)CCc1ccccc1)c1ccc(CC2CC[N+](C3CCCCC3)=C2O)c(Cl)c1. The topological polar surface area (TPSA) is 43.5 Å². The third kappa shape index (κ3) is 5.35. The number of hydrogen-bond donors (Lipinski definition) is 1. The van der Waals surface area contributed by atoms with E-state index in [-0.39, 0.29) is 11.8 Å². The maximum atomic E-state index is 12.7. The van der Waals surface area contributed by atoms with Gasteiger partial charge in [-0.25, -0.2) is 0 Å². The first-order valence-electron chi connectivity index (χ1n) is 11.9. The Morgan fingerprint density at radius 2 is 1.84 bits per heavy atom. The van der Waals surface area contributed by atoms with Gasteiger partial charge in [0.25, 0.3) is 0 Å². The van der Waals surface area contributed by atoms with Gasteiger partial charge in [0, 0.05) is 43.4 Å². The zero-order valence-corrected chi connectivity index (χ0v) is 19.7. The number of aliphatic hydroxyl groups is 1. The summed E-state index contributed by atoms with van der Waals surface area (Å²) in [5.74, 6) is 0.748. The van der Waals surface area contributed by atoms with E-state index < -0.39 is 0 Å². The van der Waals surface area contributed by atoms with E-state index >= 15 is 0 Å². The Bertz CT molecular complexity index is 967. The van der Waals surface area contributed by atoms with E-state index in [4.69, 9.17) is 11.6 Å². The number of amides is 1. The van der Waals surface area contributed by atoms with Crippen molar-refractivity contribution in [3.8, 4) is 0 Å². The number of aryl methyl sites for hydroxylation is 1. The zero-order valence-electron chi connectivity index (χ0n) is 19.0. The van der Waals surface area contributed by atoms with E-state index in [9.17, 15) is 9.90 Å². The average Bonchev–Trinajstić information content (AvgIpc) is 3.19. The molecular formula is C27H34ClN2O2+. The Morgan fingerprint density at radius 3 is 2.56 bits per heavy atom. The smallest absolute Gasteiger partial charge is 0.337 e. The van der Waals surface area contributed by atoms with E-state index in [2.05, 4.69) is 4.58 Å². The van der Waals surface area contributed by atoms with Crippen molar-refractivity contribution in [3.63, 3.8) is 0 Å². The highest BCUT2D eigenvalue weighted by Crippen LogP contribution is 2.30. The first kappa shape index (κ1) is 22.8. The molecule has 2 aromatic carbocycles. The summed E-state index contributed by atoms with van der Waals surface area (Å²) in [7, 11) is 1.80. The van der Waals surface area contributed by atoms with E-state index in [1.807, 2.05) is 48.5 Å². The van der Waals surface area contributed by atoms with E-state index in [0.717, 1.165) is 42.6 Å². The summed E-state index contributed by atoms with van der Waals surface area (Å²) < 4.78 is 2.24. The standard InChI is InChI=1S/C27H33ClN2O2/c1-29(26(31)15-12-20-8-4-2-5-9-20)24-14-13-21(25(28)19-24)18-22-16-17-30(27(22)32)23-10-6-3-7-11-23/h2,4-5,8-9,13-14,19,22-23H,3,6-7,10-12,15-18H2,1H3/p+1. The number of carbonyl (C=O) groups excluding carboxylic acids is 1. The Hall–Kier alpha value is -2.33. The molecule has 1 amide bonds. The molecule has 4 nitrogen and oxygen atoms in total. The molecule has 0 aromatic heterocycles. The van der Waals surface area contributed by atoms with Crippen LogP contribution in [-0.4, -0.2) is 41.1 Å². The minimum atomic E-state index is 0.0718. The molecule has 32 heavy (non-hydrogen) atoms. The van der Waals surface area contributed by atoms with Crippen molar-refractivity contribution in [1.82, 2.24) is 0 Å². The van der Waals surface area contributed by atoms with Crippen molar-refractivity contribution in [2.75, 3.05) is 18.5 Å². The van der Waals surface area contributed by atoms with E-state index in [0.29, 0.717) is 23.4 Å². The fourth-order valence-electron chi connectivity index (χ4n) is 5.11. The number of halogens is 1. The lowest BCUT2D eigenvalue weighted by atomic mass is 9.95. The second-order valence-electron chi connectivity index (χ2n) is 9.25. The Labute approximate surface area is 196 Å². The van der Waals surface area contributed by atoms with Gasteiger partial charge in [0.05, 0.1) is 5.92 Å². The molecule has 0 bridgehead atoms. The normalized spacial score (nSPS) is 19.4. The molecule has 1 N–H and O–H groups in total. The summed E-state index contributed by atoms with van der Waals surface area (Å²) in [5.41, 5.74) is 3.00. The fourth-order valence-corrected chi connectivity index (χ4v) is 5.36. The number of rotatable bonds is 7. The molecule has 0 saturated heterocycles. The summed E-state index contributed by atoms with van der Waals surface area (Å²) in [5, 5.41) is 11.5. The number of nitrogens with zero attached hydrogens (tertiary/aromatic N) is 2. The molecule has 1 aliphatic carbocycles. The maximum Gasteiger partial charge on any atom is 0.337 e. The van der Waals surface area contributed by atoms with Crippen molar-refractivity contribution in [2.45, 2.75) is 63.8 Å². The highest BCUT2D eigenvalue weighted by atomic mass is 35.5. The van der Waals surface area contributed by atoms with Crippen LogP contribution in [0.25, 0.3) is 0 Å². The second kappa shape index (κ2) is 10.5. The first-order valence-corrected chi connectivity index (χ1v) is 12.3. The number of aliphatic hydroxyl groups excluding tert-OH is 1. The molecule has 2 aromatic rings. The van der Waals surface area contributed by atoms with Gasteiger partial charge in [0.2, 0.25) is 5.91 Å². The van der Waals surface area contributed by atoms with Gasteiger partial charge in [-0.05, 0) is 48.9 Å². The van der Waals surface area contributed by atoms with Gasteiger partial charge < -0.3 is 10.0 Å². The highest BCUT2D eigenvalue weighted by Gasteiger charge is 2.38. The molecule has 5 heteroatoms. The molecule has 1 atom stereocenters. The van der Waals surface area contributed by atoms with Crippen LogP contribution in [0.3, 0.4) is 0 Å². The zero-order chi connectivity index (χ0) is 22.5. The third-order valence-electron chi connectivity index (χ3n) is 7.13. The van der Waals surface area contributed by atoms with Gasteiger partial charge in [-0.1, -0.05) is 54.4 Å². The van der Waals surface area contributed by atoms with Crippen molar-refractivity contribution >= 4 is 29.1 Å². The number of anilines is 1. The molecule has 2 aliphatic rings. The van der Waals surface area contributed by atoms with Crippen LogP contribution in [0.5, 0.6) is 0 Å². The van der Waals surface area contributed by atoms with Crippen molar-refractivity contribution in [2.24, 2.45) is 5.92 Å². The van der Waals surface area contributed by atoms with Crippen LogP contribution in [0, 0.1) is 5.92 Å². The molecule has 170 valence electrons. The predicted octanol–water partition coefficient (Wildman–Crippen LogP) is 5.80. The lowest BCUT2D eigenvalue weighted by molar-refractivity contribution is -0.568. The summed E-state index contributed by atoms with van der Waals surface area (Å²) in [6.45, 7) is 0.940. The summed E-state index contributed by atoms with van der Waals surface area (Å²) in [6, 6.07) is 16.4. The Morgan fingerprint density at radius 1 is 1.09 bits per heavy atom. The molecular weight excluding hydrogens is 420 g/mol. The first-order chi connectivity index (χ1) is 15.5. The van der Waals surface area contributed by atoms with Crippen LogP contribution in [0.4, 0.5) is 5.69 Å². The molecule has 0 radical (unpaired) electrons. The van der Waals surface area contributed by atoms with Crippen LogP contribution in [-0.2, 0) is 17.6 Å². The monoisotopic (exact) mass is 453 g/mol. The minimum Gasteiger partial charge on any atom is -0.463 e. The quantitative estimate of drug-likeness (QED) is 0.538. The van der Waals surface area contributed by atoms with E-state index in [1.54, 1.807) is 11.9 Å². The van der Waals surface area contributed by atoms with Crippen molar-refractivity contribution < 1.29 is 14.5 Å². The van der Waals surface area contributed by atoms with Gasteiger partial charge >= 0.3 is 5.90 Å². The minimum absolute atomic E-state index is 0.0718. The molecule has 1 unspecified atom stereocenters. The average molecular weight is 454 g/mol. The number of hydrogen-bond acceptors (Lipinski definition) is 1. The van der Waals surface area contributed by atoms with Crippen LogP contribution in [0.15, 0.2) is 48.5 Å². The van der Waals surface area contributed by atoms with Gasteiger partial charge in [-0.3, -0.25) is 4.79 Å². The largest absolute Gasteiger partial charge is 0.463 e. The van der Waals surface area contributed by atoms with Crippen molar-refractivity contribution in [3.05, 3.63) is 64.7 Å². The van der Waals surface area contributed by atoms with Gasteiger partial charge in [0.1, 0.15) is 6.54 Å². The van der Waals surface area contributed by atoms with E-state index in [1.165, 1.54) is 32.1 Å². The second-order valence-corrected chi connectivity index (χ2v) is 9.65. The molecule has 1 heterocycles. The third-order valence-corrected chi connectivity index (χ3v) is 7.48. The lowest BCUT2D eigenvalue weighted by Crippen LogP contribution is -2.31. The number of carbonyl (C=O) groups is 1. The molecule has 4 rings (SSSR count). The lowest BCUT2D eigenvalue weighted by Gasteiger charge is -2.19. The fraction of sp³-hybridized carbons (Fsp3) is 0.481. The summed E-state index contributed by atoms with van der Waals surface area (Å²) >= 11 is 6.62. The summed E-state index contributed by atoms with van der Waals surface area (Å²) in [4.78, 5) is 14.3. The van der Waals surface area contributed by atoms with Gasteiger partial charge in [-0.15, -0.1) is 0 Å². The Balaban J connectivity index is 1.37. The van der Waals surface area contributed by atoms with Gasteiger partial charge in [0.15, 0.2) is 6.04 Å². The van der Waals surface area contributed by atoms with Gasteiger partial charge in [-0.2, -0.15) is 4.58 Å². The molecule has 1 aliphatic heterocycles. The van der Waals surface area contributed by atoms with Crippen molar-refractivity contribution in [1.29, 1.82) is 0 Å². The highest BCUT2D eigenvalue weighted by molar-refractivity contribution is 6.31. The molecule has 1 saturated carbocycles. The van der Waals surface area contributed by atoms with Crippen LogP contribution in [0.1, 0.15) is 56.1 Å². The predicted molar refractivity (Wildman–Crippen MR) is 131 cm³/mol.